The number of ketones is 1. The van der Waals surface area contributed by atoms with E-state index in [1.807, 2.05) is 0 Å². The van der Waals surface area contributed by atoms with Gasteiger partial charge >= 0.3 is 9.15 Å². The van der Waals surface area contributed by atoms with E-state index in [9.17, 15) is 21.6 Å². The highest BCUT2D eigenvalue weighted by atomic mass is 33.2. The van der Waals surface area contributed by atoms with Gasteiger partial charge in [0.2, 0.25) is 0 Å². The van der Waals surface area contributed by atoms with E-state index in [1.165, 1.54) is 0 Å². The summed E-state index contributed by atoms with van der Waals surface area (Å²) >= 11 is 0. The van der Waals surface area contributed by atoms with Gasteiger partial charge in [0.1, 0.15) is 5.75 Å². The Morgan fingerprint density at radius 2 is 1.69 bits per heavy atom. The summed E-state index contributed by atoms with van der Waals surface area (Å²) in [5, 5.41) is 0. The van der Waals surface area contributed by atoms with Crippen molar-refractivity contribution in [2.24, 2.45) is 0 Å². The zero-order valence-electron chi connectivity index (χ0n) is 8.03. The van der Waals surface area contributed by atoms with Crippen LogP contribution >= 0.6 is 0 Å². The zero-order valence-corrected chi connectivity index (χ0v) is 9.66. The van der Waals surface area contributed by atoms with E-state index < -0.39 is 35.8 Å². The molecule has 0 amide bonds. The second-order valence-corrected chi connectivity index (χ2v) is 8.09. The molecular weight excluding hydrogens is 264 g/mol. The highest BCUT2D eigenvalue weighted by Gasteiger charge is 2.31. The third-order valence-corrected chi connectivity index (χ3v) is 5.34. The molecule has 1 saturated heterocycles. The van der Waals surface area contributed by atoms with Gasteiger partial charge in [-0.2, -0.15) is 8.42 Å². The number of hydrogen-bond donors (Lipinski definition) is 1. The molecule has 0 atom stereocenters. The van der Waals surface area contributed by atoms with Crippen molar-refractivity contribution >= 4 is 23.8 Å². The summed E-state index contributed by atoms with van der Waals surface area (Å²) < 4.78 is 60.6. The van der Waals surface area contributed by atoms with E-state index in [2.05, 4.69) is 0 Å². The lowest BCUT2D eigenvalue weighted by molar-refractivity contribution is -0.124. The smallest absolute Gasteiger partial charge is 0.350 e. The fourth-order valence-electron chi connectivity index (χ4n) is 1.04. The normalized spacial score (nSPS) is 18.8. The van der Waals surface area contributed by atoms with Gasteiger partial charge in [-0.15, -0.1) is 0 Å². The summed E-state index contributed by atoms with van der Waals surface area (Å²) in [5.74, 6) is -2.18. The van der Waals surface area contributed by atoms with Gasteiger partial charge < -0.3 is 9.47 Å². The van der Waals surface area contributed by atoms with Crippen molar-refractivity contribution in [1.29, 1.82) is 0 Å². The molecule has 1 aliphatic heterocycles. The summed E-state index contributed by atoms with van der Waals surface area (Å²) in [4.78, 5) is 11.1. The Labute approximate surface area is 91.6 Å². The molecule has 0 aromatic rings. The Hall–Kier alpha value is -0.550. The van der Waals surface area contributed by atoms with Crippen LogP contribution in [-0.2, 0) is 32.3 Å². The molecule has 0 aliphatic carbocycles. The van der Waals surface area contributed by atoms with Crippen LogP contribution in [0.15, 0.2) is 0 Å². The second-order valence-electron chi connectivity index (χ2n) is 3.04. The van der Waals surface area contributed by atoms with Crippen LogP contribution in [0.5, 0.6) is 0 Å². The first-order valence-corrected chi connectivity index (χ1v) is 7.78. The van der Waals surface area contributed by atoms with Gasteiger partial charge in [0.15, 0.2) is 12.1 Å². The lowest BCUT2D eigenvalue weighted by Gasteiger charge is -2.07. The Bertz CT molecular complexity index is 455. The highest BCUT2D eigenvalue weighted by Crippen LogP contribution is 2.10. The molecule has 0 aromatic carbocycles. The van der Waals surface area contributed by atoms with Gasteiger partial charge in [0.25, 0.3) is 8.87 Å². The van der Waals surface area contributed by atoms with Crippen LogP contribution in [0.2, 0.25) is 0 Å². The Morgan fingerprint density at radius 1 is 1.19 bits per heavy atom. The van der Waals surface area contributed by atoms with Crippen molar-refractivity contribution in [2.45, 2.75) is 12.7 Å². The van der Waals surface area contributed by atoms with Crippen molar-refractivity contribution in [3.8, 4) is 0 Å². The fraction of sp³-hybridized carbons (Fsp3) is 0.833. The maximum absolute atomic E-state index is 11.1. The van der Waals surface area contributed by atoms with Gasteiger partial charge in [0, 0.05) is 0 Å². The van der Waals surface area contributed by atoms with Crippen molar-refractivity contribution in [3.05, 3.63) is 0 Å². The number of ether oxygens (including phenoxy) is 2. The summed E-state index contributed by atoms with van der Waals surface area (Å²) in [6.07, 6.45) is -1.21. The third-order valence-electron chi connectivity index (χ3n) is 1.74. The number of hydrogen-bond acceptors (Lipinski definition) is 7. The minimum Gasteiger partial charge on any atom is -0.350 e. The summed E-state index contributed by atoms with van der Waals surface area (Å²) in [7, 11) is -10.1. The van der Waals surface area contributed by atoms with Gasteiger partial charge in [-0.25, -0.2) is 8.42 Å². The first kappa shape index (κ1) is 13.5. The topological polar surface area (TPSA) is 124 Å². The van der Waals surface area contributed by atoms with Crippen LogP contribution in [0.4, 0.5) is 0 Å². The number of rotatable bonds is 5. The van der Waals surface area contributed by atoms with Crippen LogP contribution < -0.4 is 0 Å². The molecule has 8 nitrogen and oxygen atoms in total. The number of Topliss-reactive ketones (excluding diaryl/α,β-unsaturated/α-hetero) is 1. The van der Waals surface area contributed by atoms with E-state index in [-0.39, 0.29) is 6.42 Å². The van der Waals surface area contributed by atoms with E-state index >= 15 is 0 Å². The molecule has 0 bridgehead atoms. The molecule has 1 rings (SSSR count). The molecule has 1 fully saturated rings. The predicted molar refractivity (Wildman–Crippen MR) is 50.7 cm³/mol. The Morgan fingerprint density at radius 3 is 2.12 bits per heavy atom. The van der Waals surface area contributed by atoms with E-state index in [4.69, 9.17) is 14.0 Å². The molecule has 0 aromatic heterocycles. The van der Waals surface area contributed by atoms with Crippen LogP contribution in [0.25, 0.3) is 0 Å². The molecule has 0 saturated carbocycles. The quantitative estimate of drug-likeness (QED) is 0.476. The van der Waals surface area contributed by atoms with Crippen LogP contribution in [0.3, 0.4) is 0 Å². The largest absolute Gasteiger partial charge is 0.373 e. The standard InChI is InChI=1S/C6H10O8S2/c7-5(3-6-13-1-2-14-6)4-15(8,9)16(10,11)12/h6H,1-4H2,(H,10,11,12). The molecule has 1 aliphatic rings. The van der Waals surface area contributed by atoms with Crippen molar-refractivity contribution in [1.82, 2.24) is 0 Å². The van der Waals surface area contributed by atoms with E-state index in [0.29, 0.717) is 13.2 Å². The van der Waals surface area contributed by atoms with Gasteiger partial charge in [-0.05, 0) is 0 Å². The molecule has 94 valence electrons. The van der Waals surface area contributed by atoms with Crippen molar-refractivity contribution in [2.75, 3.05) is 19.0 Å². The minimum atomic E-state index is -5.26. The lowest BCUT2D eigenvalue weighted by Crippen LogP contribution is -2.26. The highest BCUT2D eigenvalue weighted by molar-refractivity contribution is 8.65. The summed E-state index contributed by atoms with van der Waals surface area (Å²) in [5.41, 5.74) is 0. The zero-order chi connectivity index (χ0) is 12.4. The average Bonchev–Trinajstić information content (AvgIpc) is 2.52. The van der Waals surface area contributed by atoms with Gasteiger partial charge in [-0.3, -0.25) is 9.35 Å². The average molecular weight is 274 g/mol. The van der Waals surface area contributed by atoms with Crippen LogP contribution in [0.1, 0.15) is 6.42 Å². The monoisotopic (exact) mass is 274 g/mol. The molecule has 0 unspecified atom stereocenters. The Kier molecular flexibility index (Phi) is 4.02. The van der Waals surface area contributed by atoms with E-state index in [0.717, 1.165) is 0 Å². The van der Waals surface area contributed by atoms with Crippen LogP contribution in [0, 0.1) is 0 Å². The molecule has 16 heavy (non-hydrogen) atoms. The van der Waals surface area contributed by atoms with Crippen molar-refractivity contribution in [3.63, 3.8) is 0 Å². The molecule has 0 spiro atoms. The molecule has 1 N–H and O–H groups in total. The molecule has 0 radical (unpaired) electrons. The molecule has 10 heteroatoms. The van der Waals surface area contributed by atoms with Gasteiger partial charge in [0.05, 0.1) is 19.6 Å². The SMILES string of the molecule is O=C(CC1OCCO1)CS(=O)(=O)S(=O)(=O)O. The first-order valence-electron chi connectivity index (χ1n) is 4.17. The van der Waals surface area contributed by atoms with Crippen LogP contribution in [-0.4, -0.2) is 52.4 Å². The second kappa shape index (κ2) is 4.75. The summed E-state index contributed by atoms with van der Waals surface area (Å²) in [6, 6.07) is 0. The fourth-order valence-corrected chi connectivity index (χ4v) is 2.54. The summed E-state index contributed by atoms with van der Waals surface area (Å²) in [6.45, 7) is 0.589. The predicted octanol–water partition coefficient (Wildman–Crippen LogP) is -1.46. The van der Waals surface area contributed by atoms with Gasteiger partial charge in [-0.1, -0.05) is 0 Å². The number of carbonyl (C=O) groups is 1. The lowest BCUT2D eigenvalue weighted by atomic mass is 10.3. The van der Waals surface area contributed by atoms with Crippen molar-refractivity contribution < 1.29 is 35.7 Å². The minimum absolute atomic E-state index is 0.295. The Balaban J connectivity index is 2.58. The molecular formula is C6H10O8S2. The number of carbonyl (C=O) groups excluding carboxylic acids is 1. The maximum atomic E-state index is 11.1. The maximum Gasteiger partial charge on any atom is 0.373 e. The first-order chi connectivity index (χ1) is 7.22. The third kappa shape index (κ3) is 3.49. The molecule has 1 heterocycles. The van der Waals surface area contributed by atoms with E-state index in [1.54, 1.807) is 0 Å².